The maximum absolute atomic E-state index is 11.9. The number of carbonyl (C=O) groups excluding carboxylic acids is 1. The number of phenolic OH excluding ortho intramolecular Hbond substituents is 1. The van der Waals surface area contributed by atoms with E-state index in [4.69, 9.17) is 23.2 Å². The molecule has 2 rings (SSSR count). The van der Waals surface area contributed by atoms with E-state index in [0.29, 0.717) is 26.9 Å². The van der Waals surface area contributed by atoms with Crippen molar-refractivity contribution in [2.24, 2.45) is 5.10 Å². The molecule has 2 aromatic carbocycles. The molecule has 0 saturated carbocycles. The van der Waals surface area contributed by atoms with Crippen molar-refractivity contribution in [2.75, 3.05) is 0 Å². The maximum Gasteiger partial charge on any atom is 0.271 e. The molecule has 0 bridgehead atoms. The summed E-state index contributed by atoms with van der Waals surface area (Å²) in [5, 5.41) is 14.2. The topological polar surface area (TPSA) is 61.7 Å². The molecular formula is C15H12Cl2N2O2. The zero-order valence-corrected chi connectivity index (χ0v) is 12.6. The molecule has 0 aromatic heterocycles. The first kappa shape index (κ1) is 15.4. The van der Waals surface area contributed by atoms with Crippen molar-refractivity contribution < 1.29 is 9.90 Å². The van der Waals surface area contributed by atoms with Crippen LogP contribution in [0.1, 0.15) is 22.8 Å². The lowest BCUT2D eigenvalue weighted by Gasteiger charge is -2.05. The van der Waals surface area contributed by atoms with Crippen molar-refractivity contribution in [1.29, 1.82) is 0 Å². The summed E-state index contributed by atoms with van der Waals surface area (Å²) in [6, 6.07) is 10.9. The Morgan fingerprint density at radius 1 is 1.14 bits per heavy atom. The van der Waals surface area contributed by atoms with Gasteiger partial charge in [-0.25, -0.2) is 5.43 Å². The number of rotatable bonds is 3. The molecule has 0 aliphatic carbocycles. The summed E-state index contributed by atoms with van der Waals surface area (Å²) < 4.78 is 0. The van der Waals surface area contributed by atoms with Gasteiger partial charge in [0.2, 0.25) is 0 Å². The van der Waals surface area contributed by atoms with E-state index in [2.05, 4.69) is 10.5 Å². The maximum atomic E-state index is 11.9. The molecule has 0 aliphatic heterocycles. The van der Waals surface area contributed by atoms with Gasteiger partial charge in [0.1, 0.15) is 5.75 Å². The first-order valence-corrected chi connectivity index (χ1v) is 6.82. The van der Waals surface area contributed by atoms with Gasteiger partial charge in [-0.15, -0.1) is 0 Å². The van der Waals surface area contributed by atoms with Crippen molar-refractivity contribution in [3.8, 4) is 5.75 Å². The van der Waals surface area contributed by atoms with Crippen LogP contribution in [-0.2, 0) is 0 Å². The van der Waals surface area contributed by atoms with Gasteiger partial charge in [-0.3, -0.25) is 4.79 Å². The minimum Gasteiger partial charge on any atom is -0.508 e. The lowest BCUT2D eigenvalue weighted by atomic mass is 10.1. The zero-order chi connectivity index (χ0) is 15.4. The van der Waals surface area contributed by atoms with Crippen molar-refractivity contribution >= 4 is 34.8 Å². The molecule has 2 N–H and O–H groups in total. The second kappa shape index (κ2) is 6.61. The van der Waals surface area contributed by atoms with Crippen molar-refractivity contribution in [3.05, 3.63) is 63.6 Å². The summed E-state index contributed by atoms with van der Waals surface area (Å²) in [4.78, 5) is 11.9. The Morgan fingerprint density at radius 3 is 2.48 bits per heavy atom. The monoisotopic (exact) mass is 322 g/mol. The quantitative estimate of drug-likeness (QED) is 0.666. The lowest BCUT2D eigenvalue weighted by Crippen LogP contribution is -2.19. The van der Waals surface area contributed by atoms with Gasteiger partial charge in [0, 0.05) is 21.2 Å². The Hall–Kier alpha value is -2.04. The number of hydrogen-bond donors (Lipinski definition) is 2. The molecule has 0 spiro atoms. The highest BCUT2D eigenvalue weighted by Crippen LogP contribution is 2.21. The van der Waals surface area contributed by atoms with E-state index < -0.39 is 0 Å². The highest BCUT2D eigenvalue weighted by molar-refractivity contribution is 6.36. The fraction of sp³-hybridized carbons (Fsp3) is 0.0667. The van der Waals surface area contributed by atoms with Gasteiger partial charge in [-0.05, 0) is 49.4 Å². The van der Waals surface area contributed by atoms with Gasteiger partial charge in [0.25, 0.3) is 5.91 Å². The second-order valence-electron chi connectivity index (χ2n) is 4.31. The summed E-state index contributed by atoms with van der Waals surface area (Å²) in [6.45, 7) is 1.72. The molecule has 0 saturated heterocycles. The van der Waals surface area contributed by atoms with E-state index in [1.807, 2.05) is 0 Å². The van der Waals surface area contributed by atoms with Gasteiger partial charge in [-0.1, -0.05) is 23.2 Å². The SMILES string of the molecule is C/C(=N/NC(=O)c1ccc(O)cc1)c1cc(Cl)ccc1Cl. The molecule has 0 aliphatic rings. The van der Waals surface area contributed by atoms with Crippen LogP contribution >= 0.6 is 23.2 Å². The number of halogens is 2. The molecule has 2 aromatic rings. The molecule has 0 atom stereocenters. The molecule has 0 fully saturated rings. The fourth-order valence-electron chi connectivity index (χ4n) is 1.65. The van der Waals surface area contributed by atoms with Crippen LogP contribution in [0.25, 0.3) is 0 Å². The number of nitrogens with zero attached hydrogens (tertiary/aromatic N) is 1. The number of hydrogen-bond acceptors (Lipinski definition) is 3. The van der Waals surface area contributed by atoms with Gasteiger partial charge in [-0.2, -0.15) is 5.10 Å². The van der Waals surface area contributed by atoms with Crippen molar-refractivity contribution in [1.82, 2.24) is 5.43 Å². The number of hydrazone groups is 1. The predicted octanol–water partition coefficient (Wildman–Crippen LogP) is 3.85. The average molecular weight is 323 g/mol. The van der Waals surface area contributed by atoms with Crippen LogP contribution in [-0.4, -0.2) is 16.7 Å². The van der Waals surface area contributed by atoms with Crippen LogP contribution in [0.15, 0.2) is 47.6 Å². The van der Waals surface area contributed by atoms with Crippen LogP contribution in [0.4, 0.5) is 0 Å². The Balaban J connectivity index is 2.14. The summed E-state index contributed by atoms with van der Waals surface area (Å²) in [5.41, 5.74) is 4.00. The zero-order valence-electron chi connectivity index (χ0n) is 11.1. The summed E-state index contributed by atoms with van der Waals surface area (Å²) >= 11 is 12.0. The summed E-state index contributed by atoms with van der Waals surface area (Å²) in [6.07, 6.45) is 0. The van der Waals surface area contributed by atoms with E-state index in [1.54, 1.807) is 25.1 Å². The van der Waals surface area contributed by atoms with E-state index >= 15 is 0 Å². The predicted molar refractivity (Wildman–Crippen MR) is 84.2 cm³/mol. The molecule has 0 unspecified atom stereocenters. The van der Waals surface area contributed by atoms with E-state index in [-0.39, 0.29) is 11.7 Å². The van der Waals surface area contributed by atoms with Crippen LogP contribution in [0.3, 0.4) is 0 Å². The summed E-state index contributed by atoms with van der Waals surface area (Å²) in [7, 11) is 0. The second-order valence-corrected chi connectivity index (χ2v) is 5.15. The van der Waals surface area contributed by atoms with Gasteiger partial charge in [0.15, 0.2) is 0 Å². The first-order chi connectivity index (χ1) is 9.97. The van der Waals surface area contributed by atoms with Gasteiger partial charge < -0.3 is 5.11 Å². The van der Waals surface area contributed by atoms with E-state index in [0.717, 1.165) is 0 Å². The van der Waals surface area contributed by atoms with Gasteiger partial charge in [0.05, 0.1) is 5.71 Å². The third-order valence-corrected chi connectivity index (χ3v) is 3.34. The molecule has 4 nitrogen and oxygen atoms in total. The third-order valence-electron chi connectivity index (χ3n) is 2.77. The molecule has 6 heteroatoms. The fourth-order valence-corrected chi connectivity index (χ4v) is 2.07. The molecule has 21 heavy (non-hydrogen) atoms. The normalized spacial score (nSPS) is 11.3. The standard InChI is InChI=1S/C15H12Cl2N2O2/c1-9(13-8-11(16)4-7-14(13)17)18-19-15(21)10-2-5-12(20)6-3-10/h2-8,20H,1H3,(H,19,21)/b18-9-. The van der Waals surface area contributed by atoms with E-state index in [1.165, 1.54) is 24.3 Å². The average Bonchev–Trinajstić information content (AvgIpc) is 2.47. The first-order valence-electron chi connectivity index (χ1n) is 6.06. The minimum atomic E-state index is -0.382. The highest BCUT2D eigenvalue weighted by atomic mass is 35.5. The van der Waals surface area contributed by atoms with E-state index in [9.17, 15) is 9.90 Å². The van der Waals surface area contributed by atoms with Crippen LogP contribution < -0.4 is 5.43 Å². The Labute approximate surface area is 132 Å². The molecule has 0 radical (unpaired) electrons. The number of aromatic hydroxyl groups is 1. The number of nitrogens with one attached hydrogen (secondary N) is 1. The van der Waals surface area contributed by atoms with Crippen LogP contribution in [0.2, 0.25) is 10.0 Å². The molecule has 1 amide bonds. The highest BCUT2D eigenvalue weighted by Gasteiger charge is 2.07. The van der Waals surface area contributed by atoms with Gasteiger partial charge >= 0.3 is 0 Å². The number of benzene rings is 2. The number of carbonyl (C=O) groups is 1. The van der Waals surface area contributed by atoms with Crippen molar-refractivity contribution in [3.63, 3.8) is 0 Å². The van der Waals surface area contributed by atoms with Crippen molar-refractivity contribution in [2.45, 2.75) is 6.92 Å². The lowest BCUT2D eigenvalue weighted by molar-refractivity contribution is 0.0955. The van der Waals surface area contributed by atoms with Crippen LogP contribution in [0, 0.1) is 0 Å². The molecule has 0 heterocycles. The minimum absolute atomic E-state index is 0.0944. The smallest absolute Gasteiger partial charge is 0.271 e. The summed E-state index contributed by atoms with van der Waals surface area (Å²) in [5.74, 6) is -0.288. The molecule has 108 valence electrons. The Kier molecular flexibility index (Phi) is 4.83. The third kappa shape index (κ3) is 3.97. The Bertz CT molecular complexity index is 697. The number of phenols is 1. The molecular weight excluding hydrogens is 311 g/mol. The van der Waals surface area contributed by atoms with Crippen LogP contribution in [0.5, 0.6) is 5.75 Å². The largest absolute Gasteiger partial charge is 0.508 e. The Morgan fingerprint density at radius 2 is 1.81 bits per heavy atom. The number of amides is 1.